The maximum atomic E-state index is 14.9. The Kier molecular flexibility index (Phi) is 4.20. The van der Waals surface area contributed by atoms with E-state index in [9.17, 15) is 19.1 Å². The third-order valence-corrected chi connectivity index (χ3v) is 5.55. The van der Waals surface area contributed by atoms with Gasteiger partial charge in [0.05, 0.1) is 17.7 Å². The Balaban J connectivity index is 1.86. The maximum Gasteiger partial charge on any atom is 0.341 e. The van der Waals surface area contributed by atoms with E-state index in [0.29, 0.717) is 30.7 Å². The average Bonchev–Trinajstić information content (AvgIpc) is 3.40. The number of aromatic nitrogens is 1. The number of ether oxygens (including phenoxy) is 2. The van der Waals surface area contributed by atoms with Crippen LogP contribution >= 0.6 is 0 Å². The van der Waals surface area contributed by atoms with Crippen LogP contribution in [-0.4, -0.2) is 48.7 Å². The van der Waals surface area contributed by atoms with Gasteiger partial charge in [0.15, 0.2) is 5.79 Å². The lowest BCUT2D eigenvalue weighted by Crippen LogP contribution is -2.37. The number of benzene rings is 1. The van der Waals surface area contributed by atoms with Gasteiger partial charge in [0.25, 0.3) is 0 Å². The first kappa shape index (κ1) is 17.9. The molecule has 1 saturated carbocycles. The minimum atomic E-state index is -1.30. The van der Waals surface area contributed by atoms with E-state index in [1.54, 1.807) is 24.9 Å². The van der Waals surface area contributed by atoms with Crippen LogP contribution in [-0.2, 0) is 9.47 Å². The van der Waals surface area contributed by atoms with Crippen molar-refractivity contribution in [2.24, 2.45) is 0 Å². The molecule has 1 aliphatic carbocycles. The number of carboxylic acids is 1. The lowest BCUT2D eigenvalue weighted by molar-refractivity contribution is -0.189. The largest absolute Gasteiger partial charge is 0.477 e. The van der Waals surface area contributed by atoms with Gasteiger partial charge in [0, 0.05) is 44.8 Å². The summed E-state index contributed by atoms with van der Waals surface area (Å²) in [6.45, 7) is 0.911. The summed E-state index contributed by atoms with van der Waals surface area (Å²) in [5, 5.41) is 9.41. The van der Waals surface area contributed by atoms with E-state index in [-0.39, 0.29) is 17.0 Å². The van der Waals surface area contributed by atoms with E-state index in [1.165, 1.54) is 6.20 Å². The first-order valence-corrected chi connectivity index (χ1v) is 8.86. The van der Waals surface area contributed by atoms with E-state index >= 15 is 0 Å². The number of carboxylic acid groups (broad SMARTS) is 1. The van der Waals surface area contributed by atoms with Crippen molar-refractivity contribution in [1.82, 2.24) is 4.57 Å². The van der Waals surface area contributed by atoms with Crippen LogP contribution in [0.2, 0.25) is 0 Å². The smallest absolute Gasteiger partial charge is 0.341 e. The fourth-order valence-corrected chi connectivity index (χ4v) is 3.78. The Morgan fingerprint density at radius 1 is 1.30 bits per heavy atom. The third kappa shape index (κ3) is 2.89. The van der Waals surface area contributed by atoms with Crippen molar-refractivity contribution in [2.75, 3.05) is 32.2 Å². The van der Waals surface area contributed by atoms with Crippen molar-refractivity contribution in [3.8, 4) is 0 Å². The van der Waals surface area contributed by atoms with Crippen molar-refractivity contribution in [1.29, 1.82) is 0 Å². The summed E-state index contributed by atoms with van der Waals surface area (Å²) in [7, 11) is 3.11. The standard InChI is InChI=1S/C19H21FN2O5/c1-26-19(27-2)5-6-21(10-19)16-8-15-12(7-14(16)20)17(23)13(18(24)25)9-22(15)11-3-4-11/h7-9,11H,3-6,10H2,1-2H3,(H,24,25). The van der Waals surface area contributed by atoms with Gasteiger partial charge in [-0.2, -0.15) is 0 Å². The van der Waals surface area contributed by atoms with Gasteiger partial charge in [0.1, 0.15) is 11.4 Å². The molecule has 1 saturated heterocycles. The Bertz CT molecular complexity index is 978. The molecule has 1 aromatic heterocycles. The summed E-state index contributed by atoms with van der Waals surface area (Å²) in [6.07, 6.45) is 3.78. The summed E-state index contributed by atoms with van der Waals surface area (Å²) >= 11 is 0. The van der Waals surface area contributed by atoms with Crippen LogP contribution in [0.5, 0.6) is 0 Å². The lowest BCUT2D eigenvalue weighted by atomic mass is 10.1. The number of hydrogen-bond donors (Lipinski definition) is 1. The molecule has 1 aromatic carbocycles. The van der Waals surface area contributed by atoms with Crippen LogP contribution in [0, 0.1) is 5.82 Å². The number of hydrogen-bond acceptors (Lipinski definition) is 5. The van der Waals surface area contributed by atoms with Gasteiger partial charge >= 0.3 is 5.97 Å². The summed E-state index contributed by atoms with van der Waals surface area (Å²) < 4.78 is 27.6. The third-order valence-electron chi connectivity index (χ3n) is 5.55. The molecule has 0 unspecified atom stereocenters. The van der Waals surface area contributed by atoms with E-state index in [1.807, 2.05) is 4.90 Å². The topological polar surface area (TPSA) is 81.0 Å². The minimum Gasteiger partial charge on any atom is -0.477 e. The normalized spacial score (nSPS) is 19.0. The molecule has 0 spiro atoms. The van der Waals surface area contributed by atoms with E-state index < -0.39 is 23.0 Å². The van der Waals surface area contributed by atoms with E-state index in [2.05, 4.69) is 0 Å². The second-order valence-corrected chi connectivity index (χ2v) is 7.13. The molecule has 2 aliphatic rings. The molecule has 1 aliphatic heterocycles. The molecular formula is C19H21FN2O5. The number of fused-ring (bicyclic) bond motifs is 1. The van der Waals surface area contributed by atoms with Crippen molar-refractivity contribution < 1.29 is 23.8 Å². The summed E-state index contributed by atoms with van der Waals surface area (Å²) in [5.41, 5.74) is -0.0866. The Labute approximate surface area is 154 Å². The molecule has 2 heterocycles. The predicted octanol–water partition coefficient (Wildman–Crippen LogP) is 2.37. The number of carbonyl (C=O) groups is 1. The van der Waals surface area contributed by atoms with Gasteiger partial charge in [-0.15, -0.1) is 0 Å². The van der Waals surface area contributed by atoms with Crippen LogP contribution in [0.4, 0.5) is 10.1 Å². The molecule has 0 amide bonds. The van der Waals surface area contributed by atoms with Crippen molar-refractivity contribution in [3.63, 3.8) is 0 Å². The van der Waals surface area contributed by atoms with Crippen LogP contribution in [0.1, 0.15) is 35.7 Å². The molecule has 0 radical (unpaired) electrons. The lowest BCUT2D eigenvalue weighted by Gasteiger charge is -2.27. The molecular weight excluding hydrogens is 355 g/mol. The zero-order chi connectivity index (χ0) is 19.3. The molecule has 27 heavy (non-hydrogen) atoms. The molecule has 1 N–H and O–H groups in total. The van der Waals surface area contributed by atoms with Crippen molar-refractivity contribution in [2.45, 2.75) is 31.1 Å². The molecule has 0 bridgehead atoms. The van der Waals surface area contributed by atoms with Crippen LogP contribution in [0.3, 0.4) is 0 Å². The van der Waals surface area contributed by atoms with Gasteiger partial charge in [-0.25, -0.2) is 9.18 Å². The van der Waals surface area contributed by atoms with Crippen LogP contribution in [0.15, 0.2) is 23.1 Å². The average molecular weight is 376 g/mol. The SMILES string of the molecule is COC1(OC)CCN(c2cc3c(cc2F)c(=O)c(C(=O)O)cn3C2CC2)C1. The zero-order valence-corrected chi connectivity index (χ0v) is 15.2. The highest BCUT2D eigenvalue weighted by atomic mass is 19.1. The number of nitrogens with zero attached hydrogens (tertiary/aromatic N) is 2. The first-order chi connectivity index (χ1) is 12.9. The Morgan fingerprint density at radius 2 is 2.00 bits per heavy atom. The molecule has 8 heteroatoms. The highest BCUT2D eigenvalue weighted by molar-refractivity contribution is 5.93. The second-order valence-electron chi connectivity index (χ2n) is 7.13. The van der Waals surface area contributed by atoms with Gasteiger partial charge in [-0.05, 0) is 25.0 Å². The van der Waals surface area contributed by atoms with E-state index in [0.717, 1.165) is 18.9 Å². The maximum absolute atomic E-state index is 14.9. The number of pyridine rings is 1. The Morgan fingerprint density at radius 3 is 2.56 bits per heavy atom. The minimum absolute atomic E-state index is 0.0898. The monoisotopic (exact) mass is 376 g/mol. The van der Waals surface area contributed by atoms with Gasteiger partial charge < -0.3 is 24.0 Å². The van der Waals surface area contributed by atoms with Crippen molar-refractivity contribution >= 4 is 22.6 Å². The zero-order valence-electron chi connectivity index (χ0n) is 15.2. The van der Waals surface area contributed by atoms with Gasteiger partial charge in [-0.1, -0.05) is 0 Å². The van der Waals surface area contributed by atoms with Crippen LogP contribution in [0.25, 0.3) is 10.9 Å². The number of halogens is 1. The first-order valence-electron chi connectivity index (χ1n) is 8.86. The van der Waals surface area contributed by atoms with Crippen molar-refractivity contribution in [3.05, 3.63) is 39.9 Å². The molecule has 2 fully saturated rings. The highest BCUT2D eigenvalue weighted by Gasteiger charge is 2.39. The number of rotatable bonds is 5. The predicted molar refractivity (Wildman–Crippen MR) is 97.0 cm³/mol. The number of aromatic carboxylic acids is 1. The molecule has 144 valence electrons. The summed E-state index contributed by atoms with van der Waals surface area (Å²) in [5.74, 6) is -2.65. The molecule has 4 rings (SSSR count). The Hall–Kier alpha value is -2.45. The molecule has 2 aromatic rings. The quantitative estimate of drug-likeness (QED) is 0.807. The highest BCUT2D eigenvalue weighted by Crippen LogP contribution is 2.39. The fourth-order valence-electron chi connectivity index (χ4n) is 3.78. The van der Waals surface area contributed by atoms with E-state index in [4.69, 9.17) is 9.47 Å². The van der Waals surface area contributed by atoms with Gasteiger partial charge in [0.2, 0.25) is 5.43 Å². The number of anilines is 1. The molecule has 7 nitrogen and oxygen atoms in total. The fraction of sp³-hybridized carbons (Fsp3) is 0.474. The summed E-state index contributed by atoms with van der Waals surface area (Å²) in [4.78, 5) is 25.8. The van der Waals surface area contributed by atoms with Gasteiger partial charge in [-0.3, -0.25) is 4.79 Å². The van der Waals surface area contributed by atoms with Crippen LogP contribution < -0.4 is 10.3 Å². The second kappa shape index (κ2) is 6.31. The molecule has 0 atom stereocenters. The number of methoxy groups -OCH3 is 2. The summed E-state index contributed by atoms with van der Waals surface area (Å²) in [6, 6.07) is 2.93.